The molecule has 0 atom stereocenters. The summed E-state index contributed by atoms with van der Waals surface area (Å²) in [5, 5.41) is 0. The third-order valence-electron chi connectivity index (χ3n) is 2.82. The molecule has 1 rings (SSSR count). The lowest BCUT2D eigenvalue weighted by atomic mass is 10.1. The Morgan fingerprint density at radius 1 is 1.41 bits per heavy atom. The highest BCUT2D eigenvalue weighted by molar-refractivity contribution is 9.10. The smallest absolute Gasteiger partial charge is 0.338 e. The monoisotopic (exact) mass is 299 g/mol. The summed E-state index contributed by atoms with van der Waals surface area (Å²) in [5.41, 5.74) is 7.71. The average Bonchev–Trinajstić information content (AvgIpc) is 2.30. The fourth-order valence-corrected chi connectivity index (χ4v) is 2.06. The van der Waals surface area contributed by atoms with E-state index in [0.717, 1.165) is 22.9 Å². The molecule has 0 amide bonds. The van der Waals surface area contributed by atoms with E-state index >= 15 is 0 Å². The standard InChI is InChI=1S/C13H18BrNO2/c1-4-10(5-2)17-13(16)11-6-9(14)7-12(15)8(11)3/h6-7,10H,4-5,15H2,1-3H3. The normalized spacial score (nSPS) is 10.6. The van der Waals surface area contributed by atoms with Crippen molar-refractivity contribution in [3.63, 3.8) is 0 Å². The van der Waals surface area contributed by atoms with Gasteiger partial charge in [-0.05, 0) is 37.5 Å². The first kappa shape index (κ1) is 14.0. The van der Waals surface area contributed by atoms with Gasteiger partial charge in [-0.2, -0.15) is 0 Å². The van der Waals surface area contributed by atoms with Crippen molar-refractivity contribution in [3.8, 4) is 0 Å². The van der Waals surface area contributed by atoms with Crippen LogP contribution in [0.5, 0.6) is 0 Å². The van der Waals surface area contributed by atoms with Crippen molar-refractivity contribution in [2.75, 3.05) is 5.73 Å². The molecule has 1 aromatic rings. The maximum absolute atomic E-state index is 12.0. The number of ether oxygens (including phenoxy) is 1. The Morgan fingerprint density at radius 3 is 2.53 bits per heavy atom. The van der Waals surface area contributed by atoms with Gasteiger partial charge in [-0.25, -0.2) is 4.79 Å². The zero-order valence-corrected chi connectivity index (χ0v) is 12.0. The lowest BCUT2D eigenvalue weighted by Gasteiger charge is -2.15. The first-order chi connectivity index (χ1) is 7.99. The average molecular weight is 300 g/mol. The molecule has 0 fully saturated rings. The Balaban J connectivity index is 2.96. The van der Waals surface area contributed by atoms with Crippen LogP contribution in [0.15, 0.2) is 16.6 Å². The van der Waals surface area contributed by atoms with Gasteiger partial charge in [-0.15, -0.1) is 0 Å². The number of carbonyl (C=O) groups excluding carboxylic acids is 1. The minimum Gasteiger partial charge on any atom is -0.459 e. The largest absolute Gasteiger partial charge is 0.459 e. The number of halogens is 1. The summed E-state index contributed by atoms with van der Waals surface area (Å²) in [7, 11) is 0. The molecule has 0 radical (unpaired) electrons. The highest BCUT2D eigenvalue weighted by Crippen LogP contribution is 2.24. The van der Waals surface area contributed by atoms with Gasteiger partial charge in [0.25, 0.3) is 0 Å². The van der Waals surface area contributed by atoms with Crippen molar-refractivity contribution < 1.29 is 9.53 Å². The predicted octanol–water partition coefficient (Wildman–Crippen LogP) is 3.69. The Hall–Kier alpha value is -1.03. The molecule has 3 nitrogen and oxygen atoms in total. The molecule has 0 unspecified atom stereocenters. The summed E-state index contributed by atoms with van der Waals surface area (Å²) in [4.78, 5) is 12.0. The van der Waals surface area contributed by atoms with Gasteiger partial charge in [0.05, 0.1) is 5.56 Å². The molecule has 0 aliphatic rings. The maximum Gasteiger partial charge on any atom is 0.338 e. The second kappa shape index (κ2) is 6.05. The van der Waals surface area contributed by atoms with Crippen LogP contribution in [-0.2, 0) is 4.74 Å². The molecule has 0 aliphatic heterocycles. The van der Waals surface area contributed by atoms with Crippen LogP contribution in [0.3, 0.4) is 0 Å². The highest BCUT2D eigenvalue weighted by Gasteiger charge is 2.16. The molecule has 0 saturated heterocycles. The number of nitrogens with two attached hydrogens (primary N) is 1. The second-order valence-corrected chi connectivity index (χ2v) is 4.93. The molecule has 2 N–H and O–H groups in total. The Morgan fingerprint density at radius 2 is 2.00 bits per heavy atom. The number of esters is 1. The van der Waals surface area contributed by atoms with Crippen LogP contribution in [0.25, 0.3) is 0 Å². The number of hydrogen-bond donors (Lipinski definition) is 1. The molecular formula is C13H18BrNO2. The first-order valence-electron chi connectivity index (χ1n) is 5.76. The van der Waals surface area contributed by atoms with E-state index in [0.29, 0.717) is 11.3 Å². The minimum absolute atomic E-state index is 0.0258. The van der Waals surface area contributed by atoms with E-state index in [1.165, 1.54) is 0 Å². The van der Waals surface area contributed by atoms with E-state index in [1.807, 2.05) is 20.8 Å². The van der Waals surface area contributed by atoms with E-state index < -0.39 is 0 Å². The molecule has 0 saturated carbocycles. The molecular weight excluding hydrogens is 282 g/mol. The lowest BCUT2D eigenvalue weighted by Crippen LogP contribution is -2.17. The summed E-state index contributed by atoms with van der Waals surface area (Å²) < 4.78 is 6.20. The van der Waals surface area contributed by atoms with Crippen LogP contribution < -0.4 is 5.73 Å². The summed E-state index contributed by atoms with van der Waals surface area (Å²) >= 11 is 3.33. The molecule has 0 bridgehead atoms. The summed E-state index contributed by atoms with van der Waals surface area (Å²) in [6, 6.07) is 3.53. The van der Waals surface area contributed by atoms with Gasteiger partial charge in [0.1, 0.15) is 6.10 Å². The predicted molar refractivity (Wildman–Crippen MR) is 73.1 cm³/mol. The van der Waals surface area contributed by atoms with Crippen molar-refractivity contribution in [1.82, 2.24) is 0 Å². The van der Waals surface area contributed by atoms with Crippen LogP contribution in [-0.4, -0.2) is 12.1 Å². The topological polar surface area (TPSA) is 52.3 Å². The van der Waals surface area contributed by atoms with E-state index in [4.69, 9.17) is 10.5 Å². The zero-order chi connectivity index (χ0) is 13.0. The number of nitrogen functional groups attached to an aromatic ring is 1. The molecule has 94 valence electrons. The number of benzene rings is 1. The zero-order valence-electron chi connectivity index (χ0n) is 10.4. The third-order valence-corrected chi connectivity index (χ3v) is 3.27. The molecule has 0 aromatic heterocycles. The van der Waals surface area contributed by atoms with E-state index in [1.54, 1.807) is 12.1 Å². The van der Waals surface area contributed by atoms with Crippen molar-refractivity contribution in [1.29, 1.82) is 0 Å². The van der Waals surface area contributed by atoms with Gasteiger partial charge in [0.2, 0.25) is 0 Å². The molecule has 4 heteroatoms. The lowest BCUT2D eigenvalue weighted by molar-refractivity contribution is 0.0283. The fraction of sp³-hybridized carbons (Fsp3) is 0.462. The van der Waals surface area contributed by atoms with Crippen molar-refractivity contribution in [2.24, 2.45) is 0 Å². The summed E-state index contributed by atoms with van der Waals surface area (Å²) in [5.74, 6) is -0.302. The summed E-state index contributed by atoms with van der Waals surface area (Å²) in [6.07, 6.45) is 1.62. The van der Waals surface area contributed by atoms with Gasteiger partial charge in [-0.1, -0.05) is 29.8 Å². The second-order valence-electron chi connectivity index (χ2n) is 4.01. The van der Waals surface area contributed by atoms with Gasteiger partial charge < -0.3 is 10.5 Å². The van der Waals surface area contributed by atoms with Gasteiger partial charge in [0.15, 0.2) is 0 Å². The fourth-order valence-electron chi connectivity index (χ4n) is 1.58. The van der Waals surface area contributed by atoms with E-state index in [9.17, 15) is 4.79 Å². The maximum atomic E-state index is 12.0. The van der Waals surface area contributed by atoms with Crippen molar-refractivity contribution >= 4 is 27.6 Å². The van der Waals surface area contributed by atoms with Gasteiger partial charge >= 0.3 is 5.97 Å². The van der Waals surface area contributed by atoms with Crippen LogP contribution in [0.1, 0.15) is 42.6 Å². The van der Waals surface area contributed by atoms with Gasteiger partial charge in [-0.3, -0.25) is 0 Å². The van der Waals surface area contributed by atoms with Crippen LogP contribution in [0.4, 0.5) is 5.69 Å². The first-order valence-corrected chi connectivity index (χ1v) is 6.55. The summed E-state index contributed by atoms with van der Waals surface area (Å²) in [6.45, 7) is 5.83. The molecule has 0 heterocycles. The van der Waals surface area contributed by atoms with Crippen molar-refractivity contribution in [2.45, 2.75) is 39.7 Å². The Kier molecular flexibility index (Phi) is 5.00. The van der Waals surface area contributed by atoms with Crippen molar-refractivity contribution in [3.05, 3.63) is 27.7 Å². The quantitative estimate of drug-likeness (QED) is 0.681. The van der Waals surface area contributed by atoms with Crippen LogP contribution in [0.2, 0.25) is 0 Å². The van der Waals surface area contributed by atoms with E-state index in [-0.39, 0.29) is 12.1 Å². The Bertz CT molecular complexity index is 414. The van der Waals surface area contributed by atoms with E-state index in [2.05, 4.69) is 15.9 Å². The number of anilines is 1. The molecule has 17 heavy (non-hydrogen) atoms. The molecule has 0 aliphatic carbocycles. The highest BCUT2D eigenvalue weighted by atomic mass is 79.9. The molecule has 1 aromatic carbocycles. The van der Waals surface area contributed by atoms with Gasteiger partial charge in [0, 0.05) is 10.2 Å². The van der Waals surface area contributed by atoms with Crippen LogP contribution in [0, 0.1) is 6.92 Å². The minimum atomic E-state index is -0.302. The SMILES string of the molecule is CCC(CC)OC(=O)c1cc(Br)cc(N)c1C. The Labute approximate surface area is 110 Å². The number of rotatable bonds is 4. The molecule has 0 spiro atoms. The number of carbonyl (C=O) groups is 1. The van der Waals surface area contributed by atoms with Crippen LogP contribution >= 0.6 is 15.9 Å². The number of hydrogen-bond acceptors (Lipinski definition) is 3. The third kappa shape index (κ3) is 3.46.